The molecule has 1 saturated heterocycles. The van der Waals surface area contributed by atoms with E-state index in [1.165, 1.54) is 0 Å². The predicted octanol–water partition coefficient (Wildman–Crippen LogP) is 2.51. The molecule has 0 saturated carbocycles. The molecule has 1 fully saturated rings. The Kier molecular flexibility index (Phi) is 7.08. The van der Waals surface area contributed by atoms with E-state index < -0.39 is 0 Å². The number of likely N-dealkylation sites (N-methyl/N-ethyl adjacent to an activating group) is 1. The lowest BCUT2D eigenvalue weighted by molar-refractivity contribution is -0.127. The molecule has 0 aromatic carbocycles. The van der Waals surface area contributed by atoms with Crippen LogP contribution in [0.5, 0.6) is 0 Å². The first-order chi connectivity index (χ1) is 13.6. The summed E-state index contributed by atoms with van der Waals surface area (Å²) in [4.78, 5) is 20.6. The molecule has 3 heterocycles. The van der Waals surface area contributed by atoms with Crippen LogP contribution in [-0.2, 0) is 11.2 Å². The van der Waals surface area contributed by atoms with Gasteiger partial charge in [-0.15, -0.1) is 5.10 Å². The van der Waals surface area contributed by atoms with Gasteiger partial charge in [0, 0.05) is 31.9 Å². The van der Waals surface area contributed by atoms with Crippen LogP contribution in [-0.4, -0.2) is 64.6 Å². The number of amides is 1. The Hall–Kier alpha value is -2.80. The number of hydrogen-bond donors (Lipinski definition) is 1. The van der Waals surface area contributed by atoms with Crippen LogP contribution in [0.4, 0.5) is 11.6 Å². The van der Waals surface area contributed by atoms with E-state index in [0.717, 1.165) is 50.4 Å². The number of carbonyl (C=O) groups excluding carboxylic acids is 1. The Labute approximate surface area is 166 Å². The highest BCUT2D eigenvalue weighted by Gasteiger charge is 2.23. The summed E-state index contributed by atoms with van der Waals surface area (Å²) >= 11 is 0. The quantitative estimate of drug-likeness (QED) is 0.744. The highest BCUT2D eigenvalue weighted by Crippen LogP contribution is 2.21. The molecule has 0 aliphatic carbocycles. The van der Waals surface area contributed by atoms with Crippen molar-refractivity contribution in [3.8, 4) is 0 Å². The molecule has 1 aliphatic heterocycles. The first-order valence-electron chi connectivity index (χ1n) is 9.71. The molecule has 1 atom stereocenters. The highest BCUT2D eigenvalue weighted by molar-refractivity contribution is 5.87. The van der Waals surface area contributed by atoms with Gasteiger partial charge in [-0.25, -0.2) is 4.98 Å². The molecule has 148 valence electrons. The van der Waals surface area contributed by atoms with Gasteiger partial charge in [0.25, 0.3) is 0 Å². The van der Waals surface area contributed by atoms with Gasteiger partial charge in [0.1, 0.15) is 5.82 Å². The summed E-state index contributed by atoms with van der Waals surface area (Å²) < 4.78 is 0. The zero-order valence-corrected chi connectivity index (χ0v) is 16.6. The van der Waals surface area contributed by atoms with Gasteiger partial charge in [0.2, 0.25) is 5.91 Å². The molecule has 0 spiro atoms. The number of aromatic nitrogens is 3. The third kappa shape index (κ3) is 6.13. The molecule has 2 aromatic rings. The van der Waals surface area contributed by atoms with Crippen LogP contribution in [0.2, 0.25) is 0 Å². The fraction of sp³-hybridized carbons (Fsp3) is 0.429. The summed E-state index contributed by atoms with van der Waals surface area (Å²) in [6, 6.07) is 9.60. The Morgan fingerprint density at radius 3 is 2.86 bits per heavy atom. The van der Waals surface area contributed by atoms with E-state index in [2.05, 4.69) is 20.5 Å². The van der Waals surface area contributed by atoms with Crippen LogP contribution in [0.25, 0.3) is 0 Å². The van der Waals surface area contributed by atoms with Gasteiger partial charge in [-0.2, -0.15) is 5.10 Å². The molecule has 1 amide bonds. The SMILES string of the molecule is CN(C)C/C=C/C(=O)N1CCCC(Cc2ccc(Nc3ccccn3)nn2)C1. The summed E-state index contributed by atoms with van der Waals surface area (Å²) in [7, 11) is 3.98. The molecule has 0 radical (unpaired) electrons. The average molecular weight is 380 g/mol. The zero-order chi connectivity index (χ0) is 19.8. The van der Waals surface area contributed by atoms with E-state index in [9.17, 15) is 4.79 Å². The Bertz CT molecular complexity index is 775. The fourth-order valence-corrected chi connectivity index (χ4v) is 3.30. The number of pyridine rings is 1. The maximum absolute atomic E-state index is 12.4. The summed E-state index contributed by atoms with van der Waals surface area (Å²) in [6.07, 6.45) is 8.33. The van der Waals surface area contributed by atoms with Crippen molar-refractivity contribution in [2.24, 2.45) is 5.92 Å². The number of nitrogens with one attached hydrogen (secondary N) is 1. The third-order valence-corrected chi connectivity index (χ3v) is 4.70. The molecule has 1 unspecified atom stereocenters. The molecule has 1 N–H and O–H groups in total. The van der Waals surface area contributed by atoms with E-state index in [-0.39, 0.29) is 5.91 Å². The number of likely N-dealkylation sites (tertiary alicyclic amines) is 1. The van der Waals surface area contributed by atoms with E-state index in [1.54, 1.807) is 12.3 Å². The van der Waals surface area contributed by atoms with Crippen molar-refractivity contribution in [1.82, 2.24) is 25.0 Å². The molecule has 0 bridgehead atoms. The Morgan fingerprint density at radius 1 is 1.25 bits per heavy atom. The molecular formula is C21H28N6O. The van der Waals surface area contributed by atoms with Crippen LogP contribution >= 0.6 is 0 Å². The van der Waals surface area contributed by atoms with Gasteiger partial charge in [0.15, 0.2) is 5.82 Å². The molecule has 2 aromatic heterocycles. The van der Waals surface area contributed by atoms with Crippen LogP contribution in [0.3, 0.4) is 0 Å². The number of piperidine rings is 1. The second-order valence-electron chi connectivity index (χ2n) is 7.41. The minimum absolute atomic E-state index is 0.104. The van der Waals surface area contributed by atoms with Gasteiger partial charge in [0.05, 0.1) is 5.69 Å². The lowest BCUT2D eigenvalue weighted by atomic mass is 9.93. The van der Waals surface area contributed by atoms with Crippen molar-refractivity contribution in [3.63, 3.8) is 0 Å². The first-order valence-corrected chi connectivity index (χ1v) is 9.71. The monoisotopic (exact) mass is 380 g/mol. The van der Waals surface area contributed by atoms with E-state index >= 15 is 0 Å². The predicted molar refractivity (Wildman–Crippen MR) is 110 cm³/mol. The van der Waals surface area contributed by atoms with E-state index in [0.29, 0.717) is 11.7 Å². The summed E-state index contributed by atoms with van der Waals surface area (Å²) in [5, 5.41) is 11.7. The first kappa shape index (κ1) is 19.9. The van der Waals surface area contributed by atoms with Crippen molar-refractivity contribution in [1.29, 1.82) is 0 Å². The minimum atomic E-state index is 0.104. The zero-order valence-electron chi connectivity index (χ0n) is 16.6. The maximum Gasteiger partial charge on any atom is 0.246 e. The van der Waals surface area contributed by atoms with Crippen molar-refractivity contribution in [2.75, 3.05) is 39.0 Å². The molecule has 1 aliphatic rings. The molecular weight excluding hydrogens is 352 g/mol. The number of anilines is 2. The summed E-state index contributed by atoms with van der Waals surface area (Å²) in [5.74, 6) is 1.94. The third-order valence-electron chi connectivity index (χ3n) is 4.70. The lowest BCUT2D eigenvalue weighted by Crippen LogP contribution is -2.39. The summed E-state index contributed by atoms with van der Waals surface area (Å²) in [5.41, 5.74) is 0.953. The normalized spacial score (nSPS) is 17.2. The van der Waals surface area contributed by atoms with Crippen molar-refractivity contribution >= 4 is 17.5 Å². The topological polar surface area (TPSA) is 74.2 Å². The van der Waals surface area contributed by atoms with Crippen LogP contribution in [0.1, 0.15) is 18.5 Å². The summed E-state index contributed by atoms with van der Waals surface area (Å²) in [6.45, 7) is 2.39. The average Bonchev–Trinajstić information content (AvgIpc) is 2.70. The van der Waals surface area contributed by atoms with Crippen molar-refractivity contribution in [3.05, 3.63) is 54.4 Å². The lowest BCUT2D eigenvalue weighted by Gasteiger charge is -2.32. The number of carbonyl (C=O) groups is 1. The van der Waals surface area contributed by atoms with Crippen molar-refractivity contribution < 1.29 is 4.79 Å². The van der Waals surface area contributed by atoms with Crippen LogP contribution < -0.4 is 5.32 Å². The molecule has 28 heavy (non-hydrogen) atoms. The highest BCUT2D eigenvalue weighted by atomic mass is 16.2. The minimum Gasteiger partial charge on any atom is -0.339 e. The number of nitrogens with zero attached hydrogens (tertiary/aromatic N) is 5. The van der Waals surface area contributed by atoms with Gasteiger partial charge >= 0.3 is 0 Å². The van der Waals surface area contributed by atoms with Gasteiger partial charge < -0.3 is 15.1 Å². The van der Waals surface area contributed by atoms with Gasteiger partial charge in [-0.05, 0) is 63.5 Å². The molecule has 3 rings (SSSR count). The second kappa shape index (κ2) is 9.94. The van der Waals surface area contributed by atoms with Crippen LogP contribution in [0.15, 0.2) is 48.7 Å². The number of rotatable bonds is 7. The largest absolute Gasteiger partial charge is 0.339 e. The Balaban J connectivity index is 1.52. The maximum atomic E-state index is 12.4. The molecule has 7 heteroatoms. The number of hydrogen-bond acceptors (Lipinski definition) is 6. The standard InChI is InChI=1S/C21H28N6O/c1-26(2)13-6-9-21(28)27-14-5-7-17(16-27)15-18-10-11-20(25-24-18)23-19-8-3-4-12-22-19/h3-4,6,8-12,17H,5,7,13-16H2,1-2H3,(H,22,23,25)/b9-6+. The molecule has 7 nitrogen and oxygen atoms in total. The smallest absolute Gasteiger partial charge is 0.246 e. The van der Waals surface area contributed by atoms with E-state index in [4.69, 9.17) is 0 Å². The van der Waals surface area contributed by atoms with Crippen LogP contribution in [0, 0.1) is 5.92 Å². The second-order valence-corrected chi connectivity index (χ2v) is 7.41. The van der Waals surface area contributed by atoms with Gasteiger partial charge in [-0.3, -0.25) is 4.79 Å². The van der Waals surface area contributed by atoms with Gasteiger partial charge in [-0.1, -0.05) is 12.1 Å². The van der Waals surface area contributed by atoms with E-state index in [1.807, 2.05) is 60.3 Å². The Morgan fingerprint density at radius 2 is 2.14 bits per heavy atom. The van der Waals surface area contributed by atoms with Crippen molar-refractivity contribution in [2.45, 2.75) is 19.3 Å². The fourth-order valence-electron chi connectivity index (χ4n) is 3.30.